The highest BCUT2D eigenvalue weighted by atomic mass is 35.6. The van der Waals surface area contributed by atoms with E-state index in [1.165, 1.54) is 0 Å². The van der Waals surface area contributed by atoms with E-state index in [9.17, 15) is 4.79 Å². The SMILES string of the molecule is C#Cc1ccc(-c2cnc([C@@H]3CCCN3C(=O)OCC(Cl)(Cl)Cl)[nH]2)cc1. The standard InChI is InChI=1S/C18H16Cl3N3O2/c1-2-12-5-7-13(8-6-12)14-10-22-16(23-14)15-4-3-9-24(15)17(25)26-11-18(19,20)21/h1,5-8,10,15H,3-4,9,11H2,(H,22,23)/t15-/m0/s1. The first-order valence-electron chi connectivity index (χ1n) is 7.99. The first kappa shape index (κ1) is 18.9. The number of aromatic amines is 1. The molecule has 5 nitrogen and oxygen atoms in total. The number of aromatic nitrogens is 2. The van der Waals surface area contributed by atoms with Crippen LogP contribution in [0.25, 0.3) is 11.3 Å². The van der Waals surface area contributed by atoms with Gasteiger partial charge >= 0.3 is 6.09 Å². The van der Waals surface area contributed by atoms with Gasteiger partial charge in [0.2, 0.25) is 3.79 Å². The van der Waals surface area contributed by atoms with Gasteiger partial charge in [0, 0.05) is 12.1 Å². The van der Waals surface area contributed by atoms with Gasteiger partial charge in [0.15, 0.2) is 0 Å². The van der Waals surface area contributed by atoms with E-state index in [1.54, 1.807) is 11.1 Å². The summed E-state index contributed by atoms with van der Waals surface area (Å²) in [6.07, 6.45) is 8.23. The van der Waals surface area contributed by atoms with Crippen molar-refractivity contribution in [2.24, 2.45) is 0 Å². The molecule has 0 unspecified atom stereocenters. The second-order valence-electron chi connectivity index (χ2n) is 5.92. The molecule has 0 aliphatic carbocycles. The number of carbonyl (C=O) groups is 1. The Bertz CT molecular complexity index is 821. The number of rotatable bonds is 3. The molecule has 0 spiro atoms. The molecule has 1 aromatic carbocycles. The van der Waals surface area contributed by atoms with Crippen molar-refractivity contribution in [1.29, 1.82) is 0 Å². The average Bonchev–Trinajstić information content (AvgIpc) is 3.28. The topological polar surface area (TPSA) is 58.2 Å². The number of likely N-dealkylation sites (tertiary alicyclic amines) is 1. The van der Waals surface area contributed by atoms with E-state index < -0.39 is 9.89 Å². The summed E-state index contributed by atoms with van der Waals surface area (Å²) in [5, 5.41) is 0. The van der Waals surface area contributed by atoms with Crippen molar-refractivity contribution in [2.45, 2.75) is 22.7 Å². The fourth-order valence-corrected chi connectivity index (χ4v) is 3.06. The van der Waals surface area contributed by atoms with E-state index in [2.05, 4.69) is 15.9 Å². The summed E-state index contributed by atoms with van der Waals surface area (Å²) in [5.74, 6) is 3.28. The average molecular weight is 413 g/mol. The Morgan fingerprint density at radius 1 is 1.38 bits per heavy atom. The summed E-state index contributed by atoms with van der Waals surface area (Å²) < 4.78 is 3.46. The van der Waals surface area contributed by atoms with Gasteiger partial charge in [0.05, 0.1) is 17.9 Å². The summed E-state index contributed by atoms with van der Waals surface area (Å²) in [6.45, 7) is 0.265. The largest absolute Gasteiger partial charge is 0.445 e. The minimum absolute atomic E-state index is 0.198. The number of hydrogen-bond donors (Lipinski definition) is 1. The van der Waals surface area contributed by atoms with E-state index in [0.717, 1.165) is 29.7 Å². The monoisotopic (exact) mass is 411 g/mol. The van der Waals surface area contributed by atoms with Crippen LogP contribution in [0, 0.1) is 12.3 Å². The van der Waals surface area contributed by atoms with Crippen molar-refractivity contribution in [3.63, 3.8) is 0 Å². The fourth-order valence-electron chi connectivity index (χ4n) is 2.89. The highest BCUT2D eigenvalue weighted by Gasteiger charge is 2.34. The Balaban J connectivity index is 1.73. The molecule has 0 radical (unpaired) electrons. The molecular formula is C18H16Cl3N3O2. The Hall–Kier alpha value is -1.87. The van der Waals surface area contributed by atoms with Crippen LogP contribution in [0.3, 0.4) is 0 Å². The summed E-state index contributed by atoms with van der Waals surface area (Å²) >= 11 is 16.9. The Morgan fingerprint density at radius 3 is 2.77 bits per heavy atom. The molecule has 8 heteroatoms. The number of alkyl halides is 3. The lowest BCUT2D eigenvalue weighted by Crippen LogP contribution is -2.33. The summed E-state index contributed by atoms with van der Waals surface area (Å²) in [7, 11) is 0. The minimum atomic E-state index is -1.63. The number of hydrogen-bond acceptors (Lipinski definition) is 3. The van der Waals surface area contributed by atoms with Gasteiger partial charge < -0.3 is 9.72 Å². The zero-order valence-corrected chi connectivity index (χ0v) is 16.0. The molecule has 1 atom stereocenters. The highest BCUT2D eigenvalue weighted by molar-refractivity contribution is 6.67. The summed E-state index contributed by atoms with van der Waals surface area (Å²) in [5.41, 5.74) is 2.63. The van der Waals surface area contributed by atoms with Gasteiger partial charge in [-0.1, -0.05) is 52.9 Å². The molecule has 1 saturated heterocycles. The number of terminal acetylenes is 1. The van der Waals surface area contributed by atoms with Crippen molar-refractivity contribution < 1.29 is 9.53 Å². The number of H-pyrrole nitrogens is 1. The van der Waals surface area contributed by atoms with Gasteiger partial charge in [-0.15, -0.1) is 6.42 Å². The molecule has 2 aromatic rings. The van der Waals surface area contributed by atoms with Crippen LogP contribution in [0.4, 0.5) is 4.79 Å². The fraction of sp³-hybridized carbons (Fsp3) is 0.333. The first-order chi connectivity index (χ1) is 12.4. The summed E-state index contributed by atoms with van der Waals surface area (Å²) in [4.78, 5) is 21.6. The molecule has 26 heavy (non-hydrogen) atoms. The molecule has 1 fully saturated rings. The third-order valence-corrected chi connectivity index (χ3v) is 4.45. The number of nitrogens with zero attached hydrogens (tertiary/aromatic N) is 2. The Kier molecular flexibility index (Phi) is 5.67. The molecule has 1 amide bonds. The Labute approximate surface area is 166 Å². The molecule has 1 aliphatic rings. The number of benzene rings is 1. The van der Waals surface area contributed by atoms with Gasteiger partial charge in [-0.25, -0.2) is 9.78 Å². The zero-order chi connectivity index (χ0) is 18.7. The first-order valence-corrected chi connectivity index (χ1v) is 9.13. The van der Waals surface area contributed by atoms with E-state index in [-0.39, 0.29) is 12.6 Å². The van der Waals surface area contributed by atoms with Crippen molar-refractivity contribution in [1.82, 2.24) is 14.9 Å². The number of halogens is 3. The second kappa shape index (κ2) is 7.79. The van der Waals surface area contributed by atoms with Crippen LogP contribution in [0.2, 0.25) is 0 Å². The van der Waals surface area contributed by atoms with Gasteiger partial charge in [-0.3, -0.25) is 4.90 Å². The lowest BCUT2D eigenvalue weighted by molar-refractivity contribution is 0.0985. The van der Waals surface area contributed by atoms with E-state index >= 15 is 0 Å². The highest BCUT2D eigenvalue weighted by Crippen LogP contribution is 2.33. The molecule has 1 aliphatic heterocycles. The molecule has 3 rings (SSSR count). The van der Waals surface area contributed by atoms with Crippen molar-refractivity contribution in [2.75, 3.05) is 13.2 Å². The maximum Gasteiger partial charge on any atom is 0.410 e. The zero-order valence-electron chi connectivity index (χ0n) is 13.7. The van der Waals surface area contributed by atoms with Gasteiger partial charge in [-0.2, -0.15) is 0 Å². The molecule has 2 heterocycles. The van der Waals surface area contributed by atoms with Gasteiger partial charge in [0.25, 0.3) is 0 Å². The predicted molar refractivity (Wildman–Crippen MR) is 102 cm³/mol. The van der Waals surface area contributed by atoms with Crippen LogP contribution in [0.15, 0.2) is 30.5 Å². The number of carbonyl (C=O) groups excluding carboxylic acids is 1. The normalized spacial score (nSPS) is 17.2. The van der Waals surface area contributed by atoms with Crippen LogP contribution in [-0.2, 0) is 4.74 Å². The van der Waals surface area contributed by atoms with Crippen molar-refractivity contribution in [3.05, 3.63) is 41.9 Å². The van der Waals surface area contributed by atoms with Gasteiger partial charge in [0.1, 0.15) is 12.4 Å². The number of imidazole rings is 1. The van der Waals surface area contributed by atoms with Gasteiger partial charge in [-0.05, 0) is 30.5 Å². The number of amides is 1. The smallest absolute Gasteiger partial charge is 0.410 e. The summed E-state index contributed by atoms with van der Waals surface area (Å²) in [6, 6.07) is 7.39. The lowest BCUT2D eigenvalue weighted by atomic mass is 10.1. The molecular weight excluding hydrogens is 397 g/mol. The maximum absolute atomic E-state index is 12.3. The third-order valence-electron chi connectivity index (χ3n) is 4.12. The second-order valence-corrected chi connectivity index (χ2v) is 8.44. The van der Waals surface area contributed by atoms with Crippen LogP contribution in [-0.4, -0.2) is 37.9 Å². The van der Waals surface area contributed by atoms with E-state index in [4.69, 9.17) is 46.0 Å². The Morgan fingerprint density at radius 2 is 2.12 bits per heavy atom. The molecule has 0 saturated carbocycles. The van der Waals surface area contributed by atoms with Crippen LogP contribution < -0.4 is 0 Å². The quantitative estimate of drug-likeness (QED) is 0.587. The lowest BCUT2D eigenvalue weighted by Gasteiger charge is -2.23. The van der Waals surface area contributed by atoms with Crippen LogP contribution >= 0.6 is 34.8 Å². The maximum atomic E-state index is 12.3. The van der Waals surface area contributed by atoms with Crippen LogP contribution in [0.5, 0.6) is 0 Å². The molecule has 136 valence electrons. The molecule has 0 bridgehead atoms. The predicted octanol–water partition coefficient (Wildman–Crippen LogP) is 4.70. The van der Waals surface area contributed by atoms with E-state index in [1.807, 2.05) is 24.3 Å². The third kappa shape index (κ3) is 4.45. The molecule has 1 aromatic heterocycles. The van der Waals surface area contributed by atoms with Crippen LogP contribution in [0.1, 0.15) is 30.3 Å². The number of ether oxygens (including phenoxy) is 1. The molecule has 1 N–H and O–H groups in total. The minimum Gasteiger partial charge on any atom is -0.445 e. The van der Waals surface area contributed by atoms with Crippen molar-refractivity contribution in [3.8, 4) is 23.6 Å². The van der Waals surface area contributed by atoms with E-state index in [0.29, 0.717) is 12.4 Å². The van der Waals surface area contributed by atoms with Crippen molar-refractivity contribution >= 4 is 40.9 Å². The number of nitrogens with one attached hydrogen (secondary N) is 1.